The number of hydrogen-bond donors (Lipinski definition) is 2. The van der Waals surface area contributed by atoms with Crippen LogP contribution in [0, 0.1) is 6.92 Å². The van der Waals surface area contributed by atoms with Crippen LogP contribution >= 0.6 is 11.6 Å². The van der Waals surface area contributed by atoms with Crippen molar-refractivity contribution in [3.63, 3.8) is 0 Å². The lowest BCUT2D eigenvalue weighted by molar-refractivity contribution is -0.137. The first-order valence-corrected chi connectivity index (χ1v) is 17.7. The van der Waals surface area contributed by atoms with Crippen molar-refractivity contribution in [2.75, 3.05) is 19.0 Å². The number of ether oxygens (including phenoxy) is 1. The van der Waals surface area contributed by atoms with Gasteiger partial charge in [0.2, 0.25) is 11.7 Å². The van der Waals surface area contributed by atoms with Gasteiger partial charge in [0.05, 0.1) is 33.1 Å². The molecule has 4 heterocycles. The van der Waals surface area contributed by atoms with Gasteiger partial charge >= 0.3 is 6.18 Å². The number of fused-ring (bicyclic) bond motifs is 1. The first kappa shape index (κ1) is 38.6. The van der Waals surface area contributed by atoms with Gasteiger partial charge in [0, 0.05) is 24.9 Å². The van der Waals surface area contributed by atoms with Crippen LogP contribution in [-0.4, -0.2) is 75.7 Å². The Morgan fingerprint density at radius 2 is 1.93 bits per heavy atom. The number of anilines is 1. The van der Waals surface area contributed by atoms with Crippen LogP contribution in [0.15, 0.2) is 41.0 Å². The summed E-state index contributed by atoms with van der Waals surface area (Å²) in [6.45, 7) is 8.86. The molecule has 1 atom stereocenters. The second-order valence-electron chi connectivity index (χ2n) is 14.4. The van der Waals surface area contributed by atoms with Gasteiger partial charge in [-0.05, 0) is 95.2 Å². The highest BCUT2D eigenvalue weighted by Crippen LogP contribution is 2.37. The van der Waals surface area contributed by atoms with Crippen molar-refractivity contribution in [2.24, 2.45) is 0 Å². The highest BCUT2D eigenvalue weighted by molar-refractivity contribution is 6.33. The van der Waals surface area contributed by atoms with Crippen molar-refractivity contribution in [3.05, 3.63) is 85.6 Å². The number of hydrogen-bond acceptors (Lipinski definition) is 9. The number of aromatic nitrogens is 6. The third-order valence-electron chi connectivity index (χ3n) is 10.1. The number of methoxy groups -OCH3 is 1. The number of allylic oxidation sites excluding steroid dienone is 1. The van der Waals surface area contributed by atoms with Gasteiger partial charge in [-0.25, -0.2) is 9.97 Å². The smallest absolute Gasteiger partial charge is 0.416 e. The summed E-state index contributed by atoms with van der Waals surface area (Å²) in [5.41, 5.74) is -0.204. The number of amides is 2. The summed E-state index contributed by atoms with van der Waals surface area (Å²) < 4.78 is 48.2. The zero-order valence-electron chi connectivity index (χ0n) is 30.6. The van der Waals surface area contributed by atoms with Crippen molar-refractivity contribution >= 4 is 46.5 Å². The van der Waals surface area contributed by atoms with Gasteiger partial charge in [-0.3, -0.25) is 14.4 Å². The number of nitrogens with zero attached hydrogens (tertiary/aromatic N) is 7. The molecule has 1 unspecified atom stereocenters. The molecule has 4 aromatic rings. The monoisotopic (exact) mass is 768 g/mol. The molecule has 1 aromatic carbocycles. The van der Waals surface area contributed by atoms with Gasteiger partial charge in [-0.2, -0.15) is 22.7 Å². The van der Waals surface area contributed by atoms with E-state index in [9.17, 15) is 32.7 Å². The zero-order chi connectivity index (χ0) is 39.3. The Labute approximate surface area is 313 Å². The van der Waals surface area contributed by atoms with Crippen LogP contribution in [0.5, 0.6) is 5.75 Å². The molecule has 54 heavy (non-hydrogen) atoms. The molecule has 2 aliphatic rings. The summed E-state index contributed by atoms with van der Waals surface area (Å²) in [6, 6.07) is 2.64. The molecular formula is C37H40ClF3N8O5. The normalized spacial score (nSPS) is 19.4. The maximum absolute atomic E-state index is 14.3. The van der Waals surface area contributed by atoms with Gasteiger partial charge < -0.3 is 24.6 Å². The highest BCUT2D eigenvalue weighted by Gasteiger charge is 2.40. The molecule has 2 N–H and O–H groups in total. The van der Waals surface area contributed by atoms with Crippen molar-refractivity contribution in [2.45, 2.75) is 90.6 Å². The van der Waals surface area contributed by atoms with E-state index in [1.54, 1.807) is 29.6 Å². The largest absolute Gasteiger partial charge is 0.504 e. The Hall–Kier alpha value is -5.09. The third-order valence-corrected chi connectivity index (χ3v) is 10.4. The average molecular weight is 769 g/mol. The maximum atomic E-state index is 14.3. The van der Waals surface area contributed by atoms with Gasteiger partial charge in [0.15, 0.2) is 17.3 Å². The molecule has 3 aromatic heterocycles. The summed E-state index contributed by atoms with van der Waals surface area (Å²) in [5, 5.41) is 17.5. The van der Waals surface area contributed by atoms with E-state index in [0.29, 0.717) is 37.2 Å². The number of alkyl halides is 3. The quantitative estimate of drug-likeness (QED) is 0.212. The van der Waals surface area contributed by atoms with E-state index >= 15 is 0 Å². The highest BCUT2D eigenvalue weighted by atomic mass is 35.5. The summed E-state index contributed by atoms with van der Waals surface area (Å²) >= 11 is 6.15. The van der Waals surface area contributed by atoms with Crippen molar-refractivity contribution in [1.82, 2.24) is 34.0 Å². The molecule has 0 bridgehead atoms. The van der Waals surface area contributed by atoms with Crippen molar-refractivity contribution in [3.8, 4) is 5.75 Å². The molecule has 1 aliphatic heterocycles. The predicted octanol–water partition coefficient (Wildman–Crippen LogP) is 6.25. The lowest BCUT2D eigenvalue weighted by Gasteiger charge is -2.30. The number of aryl methyl sites for hydroxylation is 1. The molecule has 0 radical (unpaired) electrons. The van der Waals surface area contributed by atoms with Gasteiger partial charge in [0.1, 0.15) is 12.9 Å². The molecule has 2 amide bonds. The fourth-order valence-electron chi connectivity index (χ4n) is 6.93. The number of carbonyl (C=O) groups is 2. The van der Waals surface area contributed by atoms with Gasteiger partial charge in [-0.1, -0.05) is 24.6 Å². The summed E-state index contributed by atoms with van der Waals surface area (Å²) in [4.78, 5) is 55.9. The van der Waals surface area contributed by atoms with Gasteiger partial charge in [0.25, 0.3) is 11.5 Å². The van der Waals surface area contributed by atoms with Crippen LogP contribution in [-0.2, 0) is 28.7 Å². The average Bonchev–Trinajstić information content (AvgIpc) is 3.69. The summed E-state index contributed by atoms with van der Waals surface area (Å²) in [5.74, 6) is -1.03. The number of likely N-dealkylation sites (tertiary alicyclic amines) is 1. The molecule has 0 spiro atoms. The van der Waals surface area contributed by atoms with Gasteiger partial charge in [-0.15, -0.1) is 5.10 Å². The first-order valence-electron chi connectivity index (χ1n) is 17.3. The second kappa shape index (κ2) is 14.3. The Morgan fingerprint density at radius 1 is 1.19 bits per heavy atom. The van der Waals surface area contributed by atoms with E-state index in [0.717, 1.165) is 33.9 Å². The lowest BCUT2D eigenvalue weighted by atomic mass is 9.86. The van der Waals surface area contributed by atoms with E-state index in [4.69, 9.17) is 21.3 Å². The number of nitrogens with one attached hydrogen (secondary N) is 1. The molecule has 17 heteroatoms. The number of carbonyl (C=O) groups excluding carboxylic acids is 2. The molecular weight excluding hydrogens is 729 g/mol. The first-order chi connectivity index (χ1) is 25.4. The maximum Gasteiger partial charge on any atom is 0.416 e. The lowest BCUT2D eigenvalue weighted by Crippen LogP contribution is -2.43. The van der Waals surface area contributed by atoms with Crippen LogP contribution in [0.4, 0.5) is 18.9 Å². The molecule has 1 aliphatic carbocycles. The Bertz CT molecular complexity index is 2300. The fourth-order valence-corrected chi connectivity index (χ4v) is 7.15. The van der Waals surface area contributed by atoms with Crippen LogP contribution in [0.2, 0.25) is 5.02 Å². The van der Waals surface area contributed by atoms with Crippen LogP contribution in [0.1, 0.15) is 92.2 Å². The number of benzene rings is 1. The van der Waals surface area contributed by atoms with E-state index in [-0.39, 0.29) is 64.3 Å². The Kier molecular flexibility index (Phi) is 10.2. The minimum absolute atomic E-state index is 0.0225. The SMILES string of the molecule is CCc1c(/C=C2/CN(C(=O)c3ncnc(C)c3O)C(C)(C)C2)c(=O)n2nc(C3=CCC(C)(OC)CC3)nc2n1CC(=O)Nc1ccc(C(F)(F)F)cc1Cl. The number of halogens is 4. The van der Waals surface area contributed by atoms with E-state index in [1.165, 1.54) is 6.33 Å². The van der Waals surface area contributed by atoms with E-state index in [2.05, 4.69) is 20.4 Å². The predicted molar refractivity (Wildman–Crippen MR) is 195 cm³/mol. The van der Waals surface area contributed by atoms with Crippen LogP contribution in [0.3, 0.4) is 0 Å². The molecule has 286 valence electrons. The summed E-state index contributed by atoms with van der Waals surface area (Å²) in [7, 11) is 1.65. The van der Waals surface area contributed by atoms with E-state index in [1.807, 2.05) is 33.8 Å². The molecule has 6 rings (SSSR count). The second-order valence-corrected chi connectivity index (χ2v) is 14.8. The molecule has 1 saturated heterocycles. The van der Waals surface area contributed by atoms with Crippen molar-refractivity contribution in [1.29, 1.82) is 0 Å². The zero-order valence-corrected chi connectivity index (χ0v) is 31.4. The molecule has 1 fully saturated rings. The molecule has 0 saturated carbocycles. The topological polar surface area (TPSA) is 157 Å². The van der Waals surface area contributed by atoms with Crippen molar-refractivity contribution < 1.29 is 32.6 Å². The minimum atomic E-state index is -4.62. The fraction of sp³-hybridized carbons (Fsp3) is 0.432. The van der Waals surface area contributed by atoms with E-state index < -0.39 is 34.7 Å². The molecule has 13 nitrogen and oxygen atoms in total. The third kappa shape index (κ3) is 7.36. The number of aromatic hydroxyl groups is 1. The van der Waals surface area contributed by atoms with Crippen LogP contribution < -0.4 is 10.9 Å². The standard InChI is InChI=1S/C37H40ClF3N8O5/c1-7-27-24(14-21-16-35(3,4)48(17-21)33(53)29-30(51)20(2)42-19-43-29)32(52)49-34(45-31(46-49)22-10-12-36(5,54-6)13-11-22)47(27)18-28(50)44-26-9-8-23(15-25(26)38)37(39,40)41/h8-10,14-15,19,51H,7,11-13,16-18H2,1-6H3,(H,44,50)/b21-14+. The Balaban J connectivity index is 1.43. The Morgan fingerprint density at radius 3 is 2.56 bits per heavy atom. The number of rotatable bonds is 8. The van der Waals surface area contributed by atoms with Crippen LogP contribution in [0.25, 0.3) is 17.4 Å². The summed E-state index contributed by atoms with van der Waals surface area (Å²) in [6.07, 6.45) is 2.80. The minimum Gasteiger partial charge on any atom is -0.504 e.